The minimum Gasteiger partial charge on any atom is -0.423 e. The number of ether oxygens (including phenoxy) is 1. The standard InChI is InChI=1S/C27H25NO2/c1-2-3-4-5-19-8-14-25-21(16-19)9-10-22-17-23(11-15-26(22)25)27(29)30-24-12-6-20(18-28)7-13-24/h6-8,11-17H,2-5,9-10H2,1H3. The lowest BCUT2D eigenvalue weighted by molar-refractivity contribution is 0.0734. The van der Waals surface area contributed by atoms with Crippen LogP contribution in [0.15, 0.2) is 60.7 Å². The van der Waals surface area contributed by atoms with Crippen LogP contribution < -0.4 is 4.74 Å². The van der Waals surface area contributed by atoms with Crippen LogP contribution in [0.5, 0.6) is 5.75 Å². The second-order valence-corrected chi connectivity index (χ2v) is 7.85. The van der Waals surface area contributed by atoms with Gasteiger partial charge in [0.05, 0.1) is 17.2 Å². The maximum absolute atomic E-state index is 12.6. The SMILES string of the molecule is CCCCCc1ccc2c(c1)CCc1cc(C(=O)Oc3ccc(C#N)cc3)ccc1-2. The van der Waals surface area contributed by atoms with Crippen LogP contribution in [0.2, 0.25) is 0 Å². The minimum atomic E-state index is -0.375. The van der Waals surface area contributed by atoms with Crippen LogP contribution >= 0.6 is 0 Å². The molecule has 3 heteroatoms. The highest BCUT2D eigenvalue weighted by Gasteiger charge is 2.19. The average Bonchev–Trinajstić information content (AvgIpc) is 2.79. The van der Waals surface area contributed by atoms with Crippen LogP contribution in [0.1, 0.15) is 58.8 Å². The number of nitrogens with zero attached hydrogens (tertiary/aromatic N) is 1. The summed E-state index contributed by atoms with van der Waals surface area (Å²) in [6, 6.07) is 21.3. The molecule has 30 heavy (non-hydrogen) atoms. The maximum atomic E-state index is 12.6. The van der Waals surface area contributed by atoms with E-state index in [0.717, 1.165) is 19.3 Å². The van der Waals surface area contributed by atoms with Gasteiger partial charge in [0.2, 0.25) is 0 Å². The highest BCUT2D eigenvalue weighted by molar-refractivity contribution is 5.92. The van der Waals surface area contributed by atoms with Crippen molar-refractivity contribution >= 4 is 5.97 Å². The molecule has 3 aromatic rings. The predicted molar refractivity (Wildman–Crippen MR) is 119 cm³/mol. The molecule has 0 radical (unpaired) electrons. The van der Waals surface area contributed by atoms with Crippen LogP contribution in [-0.4, -0.2) is 5.97 Å². The number of rotatable bonds is 6. The Bertz CT molecular complexity index is 1110. The summed E-state index contributed by atoms with van der Waals surface area (Å²) in [5.74, 6) is 0.0669. The molecule has 0 aromatic heterocycles. The number of benzene rings is 3. The summed E-state index contributed by atoms with van der Waals surface area (Å²) in [6.45, 7) is 2.23. The molecule has 0 N–H and O–H groups in total. The van der Waals surface area contributed by atoms with Gasteiger partial charge in [-0.3, -0.25) is 0 Å². The van der Waals surface area contributed by atoms with E-state index in [1.54, 1.807) is 24.3 Å². The molecule has 0 saturated heterocycles. The Labute approximate surface area is 177 Å². The van der Waals surface area contributed by atoms with Gasteiger partial charge in [0.25, 0.3) is 0 Å². The fourth-order valence-electron chi connectivity index (χ4n) is 4.07. The molecule has 0 saturated carbocycles. The number of carbonyl (C=O) groups excluding carboxylic acids is 1. The number of unbranched alkanes of at least 4 members (excludes halogenated alkanes) is 2. The summed E-state index contributed by atoms with van der Waals surface area (Å²) in [4.78, 5) is 12.6. The molecule has 0 aliphatic heterocycles. The van der Waals surface area contributed by atoms with Gasteiger partial charge in [-0.2, -0.15) is 5.26 Å². The largest absolute Gasteiger partial charge is 0.423 e. The predicted octanol–water partition coefficient (Wildman–Crippen LogP) is 6.28. The van der Waals surface area contributed by atoms with E-state index in [1.165, 1.54) is 47.1 Å². The van der Waals surface area contributed by atoms with E-state index in [9.17, 15) is 4.79 Å². The van der Waals surface area contributed by atoms with Gasteiger partial charge in [-0.25, -0.2) is 4.79 Å². The third kappa shape index (κ3) is 4.28. The summed E-state index contributed by atoms with van der Waals surface area (Å²) in [6.07, 6.45) is 6.84. The van der Waals surface area contributed by atoms with Gasteiger partial charge >= 0.3 is 5.97 Å². The van der Waals surface area contributed by atoms with E-state index in [2.05, 4.69) is 31.2 Å². The summed E-state index contributed by atoms with van der Waals surface area (Å²) < 4.78 is 5.47. The fourth-order valence-corrected chi connectivity index (χ4v) is 4.07. The number of hydrogen-bond donors (Lipinski definition) is 0. The summed E-state index contributed by atoms with van der Waals surface area (Å²) in [5.41, 5.74) is 7.61. The van der Waals surface area contributed by atoms with Crippen molar-refractivity contribution in [3.05, 3.63) is 88.5 Å². The molecule has 0 atom stereocenters. The van der Waals surface area contributed by atoms with Gasteiger partial charge in [-0.05, 0) is 89.9 Å². The average molecular weight is 396 g/mol. The molecule has 150 valence electrons. The third-order valence-electron chi connectivity index (χ3n) is 5.73. The molecule has 0 heterocycles. The van der Waals surface area contributed by atoms with Gasteiger partial charge in [-0.1, -0.05) is 44.0 Å². The summed E-state index contributed by atoms with van der Waals surface area (Å²) in [7, 11) is 0. The lowest BCUT2D eigenvalue weighted by Crippen LogP contribution is -2.11. The number of aryl methyl sites for hydroxylation is 3. The van der Waals surface area contributed by atoms with Crippen molar-refractivity contribution in [1.82, 2.24) is 0 Å². The fraction of sp³-hybridized carbons (Fsp3) is 0.259. The number of carbonyl (C=O) groups is 1. The molecule has 1 aliphatic rings. The van der Waals surface area contributed by atoms with Gasteiger partial charge in [0.15, 0.2) is 0 Å². The highest BCUT2D eigenvalue weighted by Crippen LogP contribution is 2.35. The van der Waals surface area contributed by atoms with Crippen molar-refractivity contribution in [1.29, 1.82) is 5.26 Å². The molecule has 4 rings (SSSR count). The van der Waals surface area contributed by atoms with Crippen LogP contribution in [0.3, 0.4) is 0 Å². The molecule has 0 spiro atoms. The molecular formula is C27H25NO2. The molecule has 3 aromatic carbocycles. The van der Waals surface area contributed by atoms with Crippen molar-refractivity contribution < 1.29 is 9.53 Å². The third-order valence-corrected chi connectivity index (χ3v) is 5.73. The summed E-state index contributed by atoms with van der Waals surface area (Å²) in [5, 5.41) is 8.88. The number of fused-ring (bicyclic) bond motifs is 3. The lowest BCUT2D eigenvalue weighted by Gasteiger charge is -2.21. The van der Waals surface area contributed by atoms with Crippen LogP contribution in [-0.2, 0) is 19.3 Å². The number of esters is 1. The van der Waals surface area contributed by atoms with E-state index in [4.69, 9.17) is 10.00 Å². The quantitative estimate of drug-likeness (QED) is 0.280. The molecule has 1 aliphatic carbocycles. The first-order chi connectivity index (χ1) is 14.7. The molecular weight excluding hydrogens is 370 g/mol. The molecule has 0 amide bonds. The normalized spacial score (nSPS) is 11.9. The highest BCUT2D eigenvalue weighted by atomic mass is 16.5. The molecule has 0 unspecified atom stereocenters. The Morgan fingerprint density at radius 1 is 0.933 bits per heavy atom. The van der Waals surface area contributed by atoms with Gasteiger partial charge in [-0.15, -0.1) is 0 Å². The smallest absolute Gasteiger partial charge is 0.343 e. The second kappa shape index (κ2) is 8.97. The Morgan fingerprint density at radius 2 is 1.63 bits per heavy atom. The summed E-state index contributed by atoms with van der Waals surface area (Å²) >= 11 is 0. The zero-order chi connectivity index (χ0) is 20.9. The Hall–Kier alpha value is -3.38. The molecule has 0 bridgehead atoms. The van der Waals surface area contributed by atoms with Crippen molar-refractivity contribution in [2.24, 2.45) is 0 Å². The van der Waals surface area contributed by atoms with E-state index >= 15 is 0 Å². The van der Waals surface area contributed by atoms with Gasteiger partial charge < -0.3 is 4.74 Å². The van der Waals surface area contributed by atoms with Crippen molar-refractivity contribution in [3.63, 3.8) is 0 Å². The Kier molecular flexibility index (Phi) is 5.95. The monoisotopic (exact) mass is 395 g/mol. The molecule has 0 fully saturated rings. The zero-order valence-electron chi connectivity index (χ0n) is 17.3. The van der Waals surface area contributed by atoms with E-state index in [-0.39, 0.29) is 5.97 Å². The first-order valence-electron chi connectivity index (χ1n) is 10.7. The van der Waals surface area contributed by atoms with E-state index < -0.39 is 0 Å². The van der Waals surface area contributed by atoms with Crippen LogP contribution in [0.25, 0.3) is 11.1 Å². The van der Waals surface area contributed by atoms with E-state index in [1.807, 2.05) is 18.2 Å². The Morgan fingerprint density at radius 3 is 2.33 bits per heavy atom. The lowest BCUT2D eigenvalue weighted by atomic mass is 9.83. The van der Waals surface area contributed by atoms with E-state index in [0.29, 0.717) is 16.9 Å². The minimum absolute atomic E-state index is 0.375. The van der Waals surface area contributed by atoms with Crippen LogP contribution in [0, 0.1) is 11.3 Å². The van der Waals surface area contributed by atoms with Crippen LogP contribution in [0.4, 0.5) is 0 Å². The van der Waals surface area contributed by atoms with Crippen molar-refractivity contribution in [2.75, 3.05) is 0 Å². The second-order valence-electron chi connectivity index (χ2n) is 7.85. The van der Waals surface area contributed by atoms with Gasteiger partial charge in [0.1, 0.15) is 5.75 Å². The van der Waals surface area contributed by atoms with Crippen molar-refractivity contribution in [3.8, 4) is 22.9 Å². The maximum Gasteiger partial charge on any atom is 0.343 e. The number of hydrogen-bond acceptors (Lipinski definition) is 3. The Balaban J connectivity index is 1.51. The first-order valence-corrected chi connectivity index (χ1v) is 10.7. The van der Waals surface area contributed by atoms with Gasteiger partial charge in [0, 0.05) is 0 Å². The topological polar surface area (TPSA) is 50.1 Å². The first kappa shape index (κ1) is 19.9. The van der Waals surface area contributed by atoms with Crippen molar-refractivity contribution in [2.45, 2.75) is 45.4 Å². The molecule has 3 nitrogen and oxygen atoms in total. The zero-order valence-corrected chi connectivity index (χ0v) is 17.3. The number of nitriles is 1.